The lowest BCUT2D eigenvalue weighted by Gasteiger charge is -2.18. The van der Waals surface area contributed by atoms with Crippen LogP contribution in [0.15, 0.2) is 52.5 Å². The number of anilines is 1. The third kappa shape index (κ3) is 4.96. The molecule has 0 saturated carbocycles. The molecule has 3 aromatic rings. The average Bonchev–Trinajstić information content (AvgIpc) is 3.11. The largest absolute Gasteiger partial charge is 0.324 e. The number of amides is 1. The molecule has 3 rings (SSSR count). The van der Waals surface area contributed by atoms with Gasteiger partial charge in [0, 0.05) is 19.6 Å². The maximum atomic E-state index is 12.9. The SMILES string of the molecule is CCN(CC)S(=O)(=O)c1ccc2c(c1)nc(SC(C)C(=O)Nc1ccccc1Cl)n2CC. The highest BCUT2D eigenvalue weighted by Crippen LogP contribution is 2.30. The molecule has 0 radical (unpaired) electrons. The summed E-state index contributed by atoms with van der Waals surface area (Å²) in [5.74, 6) is -0.192. The second-order valence-corrected chi connectivity index (χ2v) is 10.8. The fourth-order valence-electron chi connectivity index (χ4n) is 3.36. The molecule has 1 heterocycles. The zero-order valence-corrected chi connectivity index (χ0v) is 20.9. The average molecular weight is 495 g/mol. The van der Waals surface area contributed by atoms with E-state index in [1.165, 1.54) is 16.1 Å². The van der Waals surface area contributed by atoms with E-state index < -0.39 is 15.3 Å². The highest BCUT2D eigenvalue weighted by Gasteiger charge is 2.24. The van der Waals surface area contributed by atoms with Crippen molar-refractivity contribution in [1.29, 1.82) is 0 Å². The Balaban J connectivity index is 1.88. The Morgan fingerprint density at radius 2 is 1.88 bits per heavy atom. The van der Waals surface area contributed by atoms with Gasteiger partial charge >= 0.3 is 0 Å². The van der Waals surface area contributed by atoms with Gasteiger partial charge in [-0.1, -0.05) is 49.3 Å². The topological polar surface area (TPSA) is 84.3 Å². The molecule has 1 aromatic heterocycles. The molecule has 0 aliphatic carbocycles. The van der Waals surface area contributed by atoms with Gasteiger partial charge in [0.1, 0.15) is 0 Å². The number of hydrogen-bond acceptors (Lipinski definition) is 5. The molecule has 0 aliphatic rings. The normalized spacial score (nSPS) is 12.9. The molecule has 32 heavy (non-hydrogen) atoms. The molecule has 1 N–H and O–H groups in total. The summed E-state index contributed by atoms with van der Waals surface area (Å²) in [7, 11) is -3.58. The Morgan fingerprint density at radius 1 is 1.19 bits per heavy atom. The lowest BCUT2D eigenvalue weighted by molar-refractivity contribution is -0.115. The van der Waals surface area contributed by atoms with Crippen molar-refractivity contribution < 1.29 is 13.2 Å². The maximum Gasteiger partial charge on any atom is 0.243 e. The van der Waals surface area contributed by atoms with Gasteiger partial charge in [-0.25, -0.2) is 13.4 Å². The molecule has 1 atom stereocenters. The minimum absolute atomic E-state index is 0.192. The second-order valence-electron chi connectivity index (χ2n) is 7.11. The van der Waals surface area contributed by atoms with Crippen molar-refractivity contribution in [2.75, 3.05) is 18.4 Å². The number of sulfonamides is 1. The van der Waals surface area contributed by atoms with Crippen LogP contribution in [0.3, 0.4) is 0 Å². The number of benzene rings is 2. The summed E-state index contributed by atoms with van der Waals surface area (Å²) >= 11 is 7.46. The van der Waals surface area contributed by atoms with Gasteiger partial charge < -0.3 is 9.88 Å². The molecule has 0 aliphatic heterocycles. The van der Waals surface area contributed by atoms with Crippen LogP contribution in [0.2, 0.25) is 5.02 Å². The van der Waals surface area contributed by atoms with Crippen molar-refractivity contribution in [3.63, 3.8) is 0 Å². The molecule has 7 nitrogen and oxygen atoms in total. The number of carbonyl (C=O) groups excluding carboxylic acids is 1. The summed E-state index contributed by atoms with van der Waals surface area (Å²) in [6.45, 7) is 8.86. The van der Waals surface area contributed by atoms with Crippen LogP contribution in [-0.2, 0) is 21.4 Å². The summed E-state index contributed by atoms with van der Waals surface area (Å²) < 4.78 is 29.2. The number of para-hydroxylation sites is 1. The van der Waals surface area contributed by atoms with Crippen molar-refractivity contribution in [2.24, 2.45) is 0 Å². The van der Waals surface area contributed by atoms with Crippen LogP contribution in [0, 0.1) is 0 Å². The first-order valence-electron chi connectivity index (χ1n) is 10.4. The Kier molecular flexibility index (Phi) is 7.87. The number of halogens is 1. The fourth-order valence-corrected chi connectivity index (χ4v) is 6.01. The molecular weight excluding hydrogens is 468 g/mol. The van der Waals surface area contributed by atoms with Gasteiger partial charge in [-0.05, 0) is 44.2 Å². The third-order valence-corrected chi connectivity index (χ3v) is 8.59. The summed E-state index contributed by atoms with van der Waals surface area (Å²) in [4.78, 5) is 17.6. The van der Waals surface area contributed by atoms with Crippen LogP contribution >= 0.6 is 23.4 Å². The van der Waals surface area contributed by atoms with E-state index in [0.717, 1.165) is 5.52 Å². The van der Waals surface area contributed by atoms with E-state index in [2.05, 4.69) is 10.3 Å². The smallest absolute Gasteiger partial charge is 0.243 e. The number of aromatic nitrogens is 2. The van der Waals surface area contributed by atoms with Crippen LogP contribution in [0.4, 0.5) is 5.69 Å². The van der Waals surface area contributed by atoms with Gasteiger partial charge in [-0.2, -0.15) is 4.31 Å². The molecule has 1 unspecified atom stereocenters. The minimum atomic E-state index is -3.58. The predicted molar refractivity (Wildman–Crippen MR) is 131 cm³/mol. The van der Waals surface area contributed by atoms with Gasteiger partial charge in [0.2, 0.25) is 15.9 Å². The molecular formula is C22H27ClN4O3S2. The predicted octanol–water partition coefficient (Wildman–Crippen LogP) is 4.86. The Labute approximate surface area is 198 Å². The van der Waals surface area contributed by atoms with E-state index in [4.69, 9.17) is 11.6 Å². The zero-order chi connectivity index (χ0) is 23.5. The highest BCUT2D eigenvalue weighted by molar-refractivity contribution is 8.00. The van der Waals surface area contributed by atoms with Crippen LogP contribution < -0.4 is 5.32 Å². The first-order valence-corrected chi connectivity index (χ1v) is 13.1. The van der Waals surface area contributed by atoms with Crippen molar-refractivity contribution >= 4 is 56.0 Å². The maximum absolute atomic E-state index is 12.9. The summed E-state index contributed by atoms with van der Waals surface area (Å²) in [6, 6.07) is 12.1. The molecule has 2 aromatic carbocycles. The number of aryl methyl sites for hydroxylation is 1. The van der Waals surface area contributed by atoms with Crippen molar-refractivity contribution in [2.45, 2.75) is 49.5 Å². The van der Waals surface area contributed by atoms with E-state index >= 15 is 0 Å². The van der Waals surface area contributed by atoms with Crippen LogP contribution in [0.5, 0.6) is 0 Å². The lowest BCUT2D eigenvalue weighted by atomic mass is 10.3. The number of carbonyl (C=O) groups is 1. The molecule has 1 amide bonds. The summed E-state index contributed by atoms with van der Waals surface area (Å²) in [6.07, 6.45) is 0. The number of hydrogen-bond donors (Lipinski definition) is 1. The lowest BCUT2D eigenvalue weighted by Crippen LogP contribution is -2.30. The van der Waals surface area contributed by atoms with E-state index in [1.807, 2.05) is 25.3 Å². The van der Waals surface area contributed by atoms with Crippen LogP contribution in [0.25, 0.3) is 11.0 Å². The first-order chi connectivity index (χ1) is 15.2. The Hall–Kier alpha value is -2.07. The molecule has 0 spiro atoms. The van der Waals surface area contributed by atoms with Gasteiger partial charge in [-0.3, -0.25) is 4.79 Å². The van der Waals surface area contributed by atoms with Gasteiger partial charge in [0.15, 0.2) is 5.16 Å². The second kappa shape index (κ2) is 10.2. The van der Waals surface area contributed by atoms with E-state index in [9.17, 15) is 13.2 Å². The number of thioether (sulfide) groups is 1. The number of rotatable bonds is 9. The Morgan fingerprint density at radius 3 is 2.50 bits per heavy atom. The Bertz CT molecular complexity index is 1220. The van der Waals surface area contributed by atoms with Crippen molar-refractivity contribution in [3.8, 4) is 0 Å². The molecule has 0 saturated heterocycles. The van der Waals surface area contributed by atoms with Crippen LogP contribution in [-0.4, -0.2) is 46.5 Å². The monoisotopic (exact) mass is 494 g/mol. The first kappa shape index (κ1) is 24.6. The number of imidazole rings is 1. The van der Waals surface area contributed by atoms with Gasteiger partial charge in [0.25, 0.3) is 0 Å². The molecule has 10 heteroatoms. The summed E-state index contributed by atoms with van der Waals surface area (Å²) in [5.41, 5.74) is 1.97. The highest BCUT2D eigenvalue weighted by atomic mass is 35.5. The molecule has 0 fully saturated rings. The third-order valence-electron chi connectivity index (χ3n) is 5.13. The molecule has 0 bridgehead atoms. The van der Waals surface area contributed by atoms with Gasteiger partial charge in [0.05, 0.1) is 31.9 Å². The van der Waals surface area contributed by atoms with Crippen LogP contribution in [0.1, 0.15) is 27.7 Å². The number of fused-ring (bicyclic) bond motifs is 1. The fraction of sp³-hybridized carbons (Fsp3) is 0.364. The standard InChI is InChI=1S/C22H27ClN4O3S2/c1-5-26(6-2)32(29,30)16-12-13-20-19(14-16)25-22(27(20)7-3)31-15(4)21(28)24-18-11-9-8-10-17(18)23/h8-15H,5-7H2,1-4H3,(H,24,28). The van der Waals surface area contributed by atoms with Crippen molar-refractivity contribution in [3.05, 3.63) is 47.5 Å². The van der Waals surface area contributed by atoms with E-state index in [0.29, 0.717) is 41.0 Å². The number of nitrogens with zero attached hydrogens (tertiary/aromatic N) is 3. The van der Waals surface area contributed by atoms with E-state index in [-0.39, 0.29) is 10.8 Å². The number of nitrogens with one attached hydrogen (secondary N) is 1. The molecule has 172 valence electrons. The summed E-state index contributed by atoms with van der Waals surface area (Å²) in [5, 5.41) is 3.53. The zero-order valence-electron chi connectivity index (χ0n) is 18.5. The minimum Gasteiger partial charge on any atom is -0.324 e. The van der Waals surface area contributed by atoms with Crippen molar-refractivity contribution in [1.82, 2.24) is 13.9 Å². The quantitative estimate of drug-likeness (QED) is 0.429. The van der Waals surface area contributed by atoms with E-state index in [1.54, 1.807) is 49.4 Å². The van der Waals surface area contributed by atoms with Gasteiger partial charge in [-0.15, -0.1) is 0 Å².